The van der Waals surface area contributed by atoms with Crippen LogP contribution in [0.3, 0.4) is 0 Å². The number of fused-ring (bicyclic) bond motifs is 2. The van der Waals surface area contributed by atoms with Gasteiger partial charge in [-0.15, -0.1) is 0 Å². The molecular formula is C16H14O2S. The van der Waals surface area contributed by atoms with Crippen LogP contribution >= 0.6 is 0 Å². The Morgan fingerprint density at radius 3 is 2.74 bits per heavy atom. The zero-order valence-corrected chi connectivity index (χ0v) is 11.5. The van der Waals surface area contributed by atoms with Gasteiger partial charge in [0.25, 0.3) is 0 Å². The molecule has 0 N–H and O–H groups in total. The van der Waals surface area contributed by atoms with E-state index in [4.69, 9.17) is 0 Å². The number of aryl methyl sites for hydroxylation is 2. The first-order valence-corrected chi connectivity index (χ1v) is 8.05. The first-order valence-electron chi connectivity index (χ1n) is 6.57. The summed E-state index contributed by atoms with van der Waals surface area (Å²) in [4.78, 5) is 1.08. The summed E-state index contributed by atoms with van der Waals surface area (Å²) in [6.07, 6.45) is 2.01. The van der Waals surface area contributed by atoms with Crippen LogP contribution in [0.1, 0.15) is 34.6 Å². The van der Waals surface area contributed by atoms with Crippen LogP contribution < -0.4 is 0 Å². The van der Waals surface area contributed by atoms with Crippen molar-refractivity contribution in [3.8, 4) is 0 Å². The highest BCUT2D eigenvalue weighted by atomic mass is 32.2. The molecule has 1 atom stereocenters. The van der Waals surface area contributed by atoms with Gasteiger partial charge in [-0.3, -0.25) is 0 Å². The van der Waals surface area contributed by atoms with E-state index in [9.17, 15) is 8.42 Å². The van der Waals surface area contributed by atoms with Crippen molar-refractivity contribution in [2.75, 3.05) is 0 Å². The molecule has 2 aliphatic rings. The molecule has 1 aliphatic carbocycles. The molecule has 19 heavy (non-hydrogen) atoms. The molecule has 96 valence electrons. The second-order valence-corrected chi connectivity index (χ2v) is 7.27. The third-order valence-corrected chi connectivity index (χ3v) is 6.41. The molecule has 4 rings (SSSR count). The van der Waals surface area contributed by atoms with Gasteiger partial charge in [0.2, 0.25) is 9.84 Å². The van der Waals surface area contributed by atoms with E-state index in [1.54, 1.807) is 6.07 Å². The number of rotatable bonds is 0. The van der Waals surface area contributed by atoms with E-state index in [1.807, 2.05) is 31.2 Å². The van der Waals surface area contributed by atoms with Crippen LogP contribution in [0.5, 0.6) is 0 Å². The van der Waals surface area contributed by atoms with E-state index in [2.05, 4.69) is 6.07 Å². The van der Waals surface area contributed by atoms with Crippen LogP contribution in [0.25, 0.3) is 0 Å². The number of hydrogen-bond donors (Lipinski definition) is 0. The molecule has 0 saturated carbocycles. The fourth-order valence-electron chi connectivity index (χ4n) is 3.62. The average molecular weight is 270 g/mol. The van der Waals surface area contributed by atoms with Crippen molar-refractivity contribution in [2.45, 2.75) is 35.5 Å². The number of sulfone groups is 1. The summed E-state index contributed by atoms with van der Waals surface area (Å²) in [6, 6.07) is 11.5. The van der Waals surface area contributed by atoms with E-state index < -0.39 is 9.84 Å². The molecule has 2 aromatic rings. The second-order valence-electron chi connectivity index (χ2n) is 5.42. The highest BCUT2D eigenvalue weighted by Gasteiger charge is 2.40. The summed E-state index contributed by atoms with van der Waals surface area (Å²) < 4.78 is 25.7. The summed E-state index contributed by atoms with van der Waals surface area (Å²) >= 11 is 0. The number of benzene rings is 2. The minimum Gasteiger partial charge on any atom is -0.218 e. The summed E-state index contributed by atoms with van der Waals surface area (Å²) in [5.74, 6) is 0.268. The zero-order valence-electron chi connectivity index (χ0n) is 10.7. The van der Waals surface area contributed by atoms with Gasteiger partial charge in [0.1, 0.15) is 0 Å². The molecule has 0 aromatic heterocycles. The lowest BCUT2D eigenvalue weighted by Crippen LogP contribution is -2.18. The Labute approximate surface area is 113 Å². The summed E-state index contributed by atoms with van der Waals surface area (Å²) in [5, 5.41) is 0. The highest BCUT2D eigenvalue weighted by Crippen LogP contribution is 2.49. The summed E-state index contributed by atoms with van der Waals surface area (Å²) in [7, 11) is -3.35. The molecule has 0 fully saturated rings. The van der Waals surface area contributed by atoms with Crippen LogP contribution in [0.15, 0.2) is 46.2 Å². The predicted octanol–water partition coefficient (Wildman–Crippen LogP) is 3.22. The molecule has 1 heterocycles. The molecule has 1 unspecified atom stereocenters. The Bertz CT molecular complexity index is 803. The number of hydrogen-bond acceptors (Lipinski definition) is 2. The highest BCUT2D eigenvalue weighted by molar-refractivity contribution is 7.91. The Hall–Kier alpha value is -1.61. The molecular weight excluding hydrogens is 256 g/mol. The van der Waals surface area contributed by atoms with Crippen molar-refractivity contribution in [1.82, 2.24) is 0 Å². The lowest BCUT2D eigenvalue weighted by molar-refractivity contribution is 0.585. The van der Waals surface area contributed by atoms with Crippen molar-refractivity contribution < 1.29 is 8.42 Å². The van der Waals surface area contributed by atoms with E-state index in [-0.39, 0.29) is 5.92 Å². The van der Waals surface area contributed by atoms with E-state index >= 15 is 0 Å². The molecule has 0 amide bonds. The largest absolute Gasteiger partial charge is 0.218 e. The zero-order chi connectivity index (χ0) is 13.2. The van der Waals surface area contributed by atoms with E-state index in [0.29, 0.717) is 9.79 Å². The Morgan fingerprint density at radius 2 is 1.89 bits per heavy atom. The van der Waals surface area contributed by atoms with Gasteiger partial charge in [-0.2, -0.15) is 0 Å². The first kappa shape index (κ1) is 11.2. The SMILES string of the molecule is Cc1cccc2c1S(=O)(=O)c1cccc3c1C2CC3. The maximum atomic E-state index is 12.8. The van der Waals surface area contributed by atoms with Crippen LogP contribution in [0.2, 0.25) is 0 Å². The Kier molecular flexibility index (Phi) is 2.06. The standard InChI is InChI=1S/C16H14O2S/c1-10-4-2-6-13-12-9-8-11-5-3-7-14(15(11)12)19(17,18)16(10)13/h2-7,12H,8-9H2,1H3. The quantitative estimate of drug-likeness (QED) is 0.736. The molecule has 1 aliphatic heterocycles. The fourth-order valence-corrected chi connectivity index (χ4v) is 5.67. The second kappa shape index (κ2) is 3.48. The molecule has 3 heteroatoms. The Balaban J connectivity index is 2.19. The summed E-state index contributed by atoms with van der Waals surface area (Å²) in [5.41, 5.74) is 4.12. The van der Waals surface area contributed by atoms with Gasteiger partial charge >= 0.3 is 0 Å². The smallest absolute Gasteiger partial charge is 0.207 e. The first-order chi connectivity index (χ1) is 9.10. The predicted molar refractivity (Wildman–Crippen MR) is 73.2 cm³/mol. The molecule has 2 aromatic carbocycles. The molecule has 2 nitrogen and oxygen atoms in total. The van der Waals surface area contributed by atoms with Gasteiger partial charge in [0.05, 0.1) is 9.79 Å². The maximum Gasteiger partial charge on any atom is 0.207 e. The van der Waals surface area contributed by atoms with Gasteiger partial charge in [-0.25, -0.2) is 8.42 Å². The average Bonchev–Trinajstić information content (AvgIpc) is 2.80. The minimum absolute atomic E-state index is 0.268. The fraction of sp³-hybridized carbons (Fsp3) is 0.250. The van der Waals surface area contributed by atoms with Crippen molar-refractivity contribution >= 4 is 9.84 Å². The summed E-state index contributed by atoms with van der Waals surface area (Å²) in [6.45, 7) is 1.89. The maximum absolute atomic E-state index is 12.8. The Morgan fingerprint density at radius 1 is 1.11 bits per heavy atom. The normalized spacial score (nSPS) is 21.8. The molecule has 0 bridgehead atoms. The lowest BCUT2D eigenvalue weighted by atomic mass is 9.91. The molecule has 0 saturated heterocycles. The lowest BCUT2D eigenvalue weighted by Gasteiger charge is -2.26. The van der Waals surface area contributed by atoms with Gasteiger partial charge < -0.3 is 0 Å². The van der Waals surface area contributed by atoms with Gasteiger partial charge in [-0.1, -0.05) is 30.3 Å². The van der Waals surface area contributed by atoms with Crippen molar-refractivity contribution in [2.24, 2.45) is 0 Å². The van der Waals surface area contributed by atoms with Gasteiger partial charge in [-0.05, 0) is 48.1 Å². The van der Waals surface area contributed by atoms with Crippen LogP contribution in [0, 0.1) is 6.92 Å². The van der Waals surface area contributed by atoms with Crippen molar-refractivity contribution in [3.05, 3.63) is 58.7 Å². The van der Waals surface area contributed by atoms with Crippen molar-refractivity contribution in [1.29, 1.82) is 0 Å². The third-order valence-electron chi connectivity index (χ3n) is 4.38. The van der Waals surface area contributed by atoms with Crippen LogP contribution in [-0.2, 0) is 16.3 Å². The van der Waals surface area contributed by atoms with Crippen molar-refractivity contribution in [3.63, 3.8) is 0 Å². The monoisotopic (exact) mass is 270 g/mol. The van der Waals surface area contributed by atoms with E-state index in [1.165, 1.54) is 5.56 Å². The molecule has 0 radical (unpaired) electrons. The topological polar surface area (TPSA) is 34.1 Å². The van der Waals surface area contributed by atoms with Gasteiger partial charge in [0, 0.05) is 5.92 Å². The van der Waals surface area contributed by atoms with Gasteiger partial charge in [0.15, 0.2) is 0 Å². The third kappa shape index (κ3) is 1.29. The van der Waals surface area contributed by atoms with E-state index in [0.717, 1.165) is 29.5 Å². The van der Waals surface area contributed by atoms with Crippen LogP contribution in [-0.4, -0.2) is 8.42 Å². The molecule has 0 spiro atoms. The van der Waals surface area contributed by atoms with Crippen LogP contribution in [0.4, 0.5) is 0 Å². The minimum atomic E-state index is -3.35.